The summed E-state index contributed by atoms with van der Waals surface area (Å²) >= 11 is 9.93. The summed E-state index contributed by atoms with van der Waals surface area (Å²) in [5, 5.41) is 32.1. The summed E-state index contributed by atoms with van der Waals surface area (Å²) < 4.78 is 22.1. The smallest absolute Gasteiger partial charge is 0.356 e. The fourth-order valence-electron chi connectivity index (χ4n) is 6.26. The molecule has 0 heterocycles. The molecule has 0 fully saturated rings. The Morgan fingerprint density at radius 1 is 0.660 bits per heavy atom. The second-order valence-corrected chi connectivity index (χ2v) is 14.0. The number of carboxylic acids is 1. The number of methoxy groups -OCH3 is 1. The van der Waals surface area contributed by atoms with Gasteiger partial charge in [-0.2, -0.15) is 0 Å². The minimum Gasteiger partial charge on any atom is -0.506 e. The molecule has 0 saturated carbocycles. The Hall–Kier alpha value is -4.98. The van der Waals surface area contributed by atoms with E-state index in [2.05, 4.69) is 15.9 Å². The summed E-state index contributed by atoms with van der Waals surface area (Å²) in [7, 11) is 1.18. The number of ether oxygens (including phenoxy) is 4. The van der Waals surface area contributed by atoms with Crippen LogP contribution < -0.4 is 14.2 Å². The summed E-state index contributed by atoms with van der Waals surface area (Å²) in [6, 6.07) is 0. The van der Waals surface area contributed by atoms with E-state index in [1.54, 1.807) is 48.5 Å². The van der Waals surface area contributed by atoms with E-state index >= 15 is 0 Å². The van der Waals surface area contributed by atoms with Crippen LogP contribution in [-0.2, 0) is 14.3 Å². The number of phenols is 1. The Bertz CT molecular complexity index is 2160. The van der Waals surface area contributed by atoms with Crippen molar-refractivity contribution in [3.63, 3.8) is 0 Å². The average molecular weight is 814 g/mol. The lowest BCUT2D eigenvalue weighted by molar-refractivity contribution is -0.151. The number of ketones is 1. The van der Waals surface area contributed by atoms with Gasteiger partial charge < -0.3 is 34.3 Å². The van der Waals surface area contributed by atoms with E-state index in [1.807, 2.05) is 0 Å². The first kappa shape index (κ1) is 40.8. The highest BCUT2D eigenvalue weighted by Crippen LogP contribution is 2.45. The lowest BCUT2D eigenvalue weighted by Crippen LogP contribution is -2.47. The lowest BCUT2D eigenvalue weighted by Gasteiger charge is -2.30. The fraction of sp³-hybridized carbons (Fsp3) is 0.308. The van der Waals surface area contributed by atoms with Crippen LogP contribution in [0.15, 0.2) is 28.0 Å². The molecule has 0 aliphatic heterocycles. The maximum absolute atomic E-state index is 13.7. The van der Waals surface area contributed by atoms with Gasteiger partial charge in [0.1, 0.15) is 27.3 Å². The zero-order valence-electron chi connectivity index (χ0n) is 30.9. The van der Waals surface area contributed by atoms with E-state index in [-0.39, 0.29) is 71.5 Å². The summed E-state index contributed by atoms with van der Waals surface area (Å²) in [4.78, 5) is 64.7. The topological polar surface area (TPSA) is 183 Å². The standard InChI is InChI=1S/C39H38BrClO12/c1-14-12-24(42)13-25(50-11)39(14,49)38(48)53-33-21(8)18(5)28(31(43)29(33)40)37(47)52-34-22(9)17(4)27(23(10)30(34)41)36(46)51-32-19(6)15(2)26(35(44)45)16(3)20(32)7/h12-13,43,49H,1-11H3,(H,44,45)/t39-/m1/s1. The number of aliphatic hydroxyl groups is 1. The molecule has 53 heavy (non-hydrogen) atoms. The van der Waals surface area contributed by atoms with Crippen LogP contribution in [0, 0.1) is 62.3 Å². The van der Waals surface area contributed by atoms with E-state index in [4.69, 9.17) is 30.5 Å². The first-order chi connectivity index (χ1) is 24.5. The Morgan fingerprint density at radius 2 is 1.11 bits per heavy atom. The number of carbonyl (C=O) groups is 5. The number of rotatable bonds is 8. The Morgan fingerprint density at radius 3 is 1.64 bits per heavy atom. The Labute approximate surface area is 319 Å². The van der Waals surface area contributed by atoms with Crippen molar-refractivity contribution in [1.29, 1.82) is 0 Å². The van der Waals surface area contributed by atoms with Crippen molar-refractivity contribution in [2.45, 2.75) is 74.8 Å². The van der Waals surface area contributed by atoms with Gasteiger partial charge in [0.25, 0.3) is 0 Å². The van der Waals surface area contributed by atoms with Gasteiger partial charge in [0.15, 0.2) is 17.3 Å². The zero-order valence-corrected chi connectivity index (χ0v) is 33.3. The molecule has 3 N–H and O–H groups in total. The summed E-state index contributed by atoms with van der Waals surface area (Å²) in [6.45, 7) is 15.7. The number of hydrogen-bond acceptors (Lipinski definition) is 11. The molecule has 0 radical (unpaired) electrons. The number of phenolic OH excluding ortho intramolecular Hbond substituents is 1. The predicted molar refractivity (Wildman–Crippen MR) is 198 cm³/mol. The van der Waals surface area contributed by atoms with Crippen LogP contribution in [0.25, 0.3) is 0 Å². The highest BCUT2D eigenvalue weighted by molar-refractivity contribution is 9.10. The van der Waals surface area contributed by atoms with E-state index < -0.39 is 41.0 Å². The molecular formula is C39H38BrClO12. The molecule has 0 unspecified atom stereocenters. The van der Waals surface area contributed by atoms with Gasteiger partial charge in [0.2, 0.25) is 5.60 Å². The van der Waals surface area contributed by atoms with Crippen LogP contribution in [0.2, 0.25) is 5.02 Å². The second-order valence-electron chi connectivity index (χ2n) is 12.8. The van der Waals surface area contributed by atoms with Crippen LogP contribution in [0.1, 0.15) is 88.1 Å². The molecule has 280 valence electrons. The molecule has 14 heteroatoms. The van der Waals surface area contributed by atoms with Gasteiger partial charge >= 0.3 is 23.9 Å². The van der Waals surface area contributed by atoms with Gasteiger partial charge in [0.05, 0.1) is 23.3 Å². The number of carboxylic acid groups (broad SMARTS) is 1. The van der Waals surface area contributed by atoms with Gasteiger partial charge in [-0.3, -0.25) is 4.79 Å². The SMILES string of the molecule is COC1=CC(=O)C=C(C)[C@]1(O)C(=O)Oc1c(C)c(C)c(C(=O)Oc2c(C)c(C)c(C(=O)Oc3c(C)c(C)c(C(=O)O)c(C)c3C)c(C)c2Cl)c(O)c1Br. The predicted octanol–water partition coefficient (Wildman–Crippen LogP) is 7.42. The lowest BCUT2D eigenvalue weighted by atomic mass is 9.87. The third-order valence-corrected chi connectivity index (χ3v) is 11.1. The highest BCUT2D eigenvalue weighted by Gasteiger charge is 2.48. The third kappa shape index (κ3) is 6.73. The molecule has 1 atom stereocenters. The van der Waals surface area contributed by atoms with Gasteiger partial charge in [-0.15, -0.1) is 0 Å². The molecule has 1 aliphatic rings. The number of allylic oxidation sites excluding steroid dienone is 2. The highest BCUT2D eigenvalue weighted by atomic mass is 79.9. The summed E-state index contributed by atoms with van der Waals surface area (Å²) in [5.74, 6) is -5.66. The molecule has 3 aromatic rings. The number of benzene rings is 3. The van der Waals surface area contributed by atoms with Crippen molar-refractivity contribution in [3.05, 3.63) is 99.7 Å². The number of carbonyl (C=O) groups excluding carboxylic acids is 4. The van der Waals surface area contributed by atoms with Crippen molar-refractivity contribution in [3.8, 4) is 23.0 Å². The molecule has 0 aromatic heterocycles. The fourth-order valence-corrected chi connectivity index (χ4v) is 7.11. The Balaban J connectivity index is 1.70. The van der Waals surface area contributed by atoms with Gasteiger partial charge in [-0.25, -0.2) is 19.2 Å². The minimum atomic E-state index is -2.45. The van der Waals surface area contributed by atoms with Gasteiger partial charge in [0, 0.05) is 6.08 Å². The average Bonchev–Trinajstić information content (AvgIpc) is 3.09. The number of aromatic carboxylic acids is 1. The summed E-state index contributed by atoms with van der Waals surface area (Å²) in [5.41, 5.74) is 0.706. The van der Waals surface area contributed by atoms with E-state index in [0.717, 1.165) is 12.2 Å². The van der Waals surface area contributed by atoms with E-state index in [0.29, 0.717) is 33.4 Å². The van der Waals surface area contributed by atoms with Crippen molar-refractivity contribution in [1.82, 2.24) is 0 Å². The first-order valence-electron chi connectivity index (χ1n) is 16.1. The molecule has 4 rings (SSSR count). The number of hydrogen-bond donors (Lipinski definition) is 3. The molecule has 0 amide bonds. The minimum absolute atomic E-state index is 0.0521. The van der Waals surface area contributed by atoms with Crippen LogP contribution in [0.3, 0.4) is 0 Å². The first-order valence-corrected chi connectivity index (χ1v) is 17.2. The molecule has 3 aromatic carbocycles. The van der Waals surface area contributed by atoms with Crippen LogP contribution in [0.5, 0.6) is 23.0 Å². The van der Waals surface area contributed by atoms with Crippen molar-refractivity contribution >= 4 is 57.2 Å². The van der Waals surface area contributed by atoms with Gasteiger partial charge in [-0.05, 0) is 147 Å². The number of halogens is 2. The molecule has 12 nitrogen and oxygen atoms in total. The van der Waals surface area contributed by atoms with Crippen LogP contribution >= 0.6 is 27.5 Å². The van der Waals surface area contributed by atoms with Crippen LogP contribution in [0.4, 0.5) is 0 Å². The molecule has 0 saturated heterocycles. The molecule has 0 bridgehead atoms. The van der Waals surface area contributed by atoms with E-state index in [9.17, 15) is 39.3 Å². The van der Waals surface area contributed by atoms with E-state index in [1.165, 1.54) is 27.9 Å². The molecular weight excluding hydrogens is 776 g/mol. The quantitative estimate of drug-likeness (QED) is 0.151. The molecule has 1 aliphatic carbocycles. The Kier molecular flexibility index (Phi) is 11.4. The second kappa shape index (κ2) is 14.8. The number of esters is 3. The van der Waals surface area contributed by atoms with Crippen LogP contribution in [-0.4, -0.2) is 57.7 Å². The normalized spacial score (nSPS) is 15.4. The zero-order chi connectivity index (χ0) is 40.2. The molecule has 0 spiro atoms. The summed E-state index contributed by atoms with van der Waals surface area (Å²) in [6.07, 6.45) is 2.01. The van der Waals surface area contributed by atoms with Gasteiger partial charge in [-0.1, -0.05) is 11.6 Å². The number of aromatic hydroxyl groups is 1. The third-order valence-electron chi connectivity index (χ3n) is 9.94. The van der Waals surface area contributed by atoms with Crippen molar-refractivity contribution in [2.24, 2.45) is 0 Å². The maximum Gasteiger partial charge on any atom is 0.356 e. The largest absolute Gasteiger partial charge is 0.506 e. The van der Waals surface area contributed by atoms with Crippen molar-refractivity contribution in [2.75, 3.05) is 7.11 Å². The monoisotopic (exact) mass is 812 g/mol. The van der Waals surface area contributed by atoms with Crippen molar-refractivity contribution < 1.29 is 58.2 Å². The maximum atomic E-state index is 13.7.